The summed E-state index contributed by atoms with van der Waals surface area (Å²) in [5.74, 6) is 0.631. The number of nitrogens with one attached hydrogen (secondary N) is 1. The molecule has 0 atom stereocenters. The Morgan fingerprint density at radius 1 is 1.14 bits per heavy atom. The molecule has 0 aliphatic heterocycles. The highest BCUT2D eigenvalue weighted by Crippen LogP contribution is 2.13. The molecule has 2 aromatic carbocycles. The van der Waals surface area contributed by atoms with Gasteiger partial charge in [0.2, 0.25) is 10.0 Å². The highest BCUT2D eigenvalue weighted by atomic mass is 35.5. The van der Waals surface area contributed by atoms with Crippen molar-refractivity contribution in [2.45, 2.75) is 12.7 Å². The van der Waals surface area contributed by atoms with Crippen molar-refractivity contribution in [3.8, 4) is 5.75 Å². The van der Waals surface area contributed by atoms with E-state index in [9.17, 15) is 8.42 Å². The summed E-state index contributed by atoms with van der Waals surface area (Å²) in [6, 6.07) is 14.4. The molecule has 0 heterocycles. The second kappa shape index (κ2) is 7.63. The molecule has 0 saturated carbocycles. The van der Waals surface area contributed by atoms with E-state index in [2.05, 4.69) is 4.72 Å². The quantitative estimate of drug-likeness (QED) is 0.788. The zero-order valence-corrected chi connectivity index (χ0v) is 13.8. The lowest BCUT2D eigenvalue weighted by Gasteiger charge is -2.09. The van der Waals surface area contributed by atoms with Crippen LogP contribution in [0.2, 0.25) is 5.02 Å². The topological polar surface area (TPSA) is 55.4 Å². The zero-order chi connectivity index (χ0) is 16.0. The van der Waals surface area contributed by atoms with Crippen LogP contribution < -0.4 is 9.46 Å². The smallest absolute Gasteiger partial charge is 0.215 e. The minimum Gasteiger partial charge on any atom is -0.492 e. The maximum atomic E-state index is 12.0. The Kier molecular flexibility index (Phi) is 5.83. The Hall–Kier alpha value is -1.56. The molecule has 6 heteroatoms. The van der Waals surface area contributed by atoms with Crippen LogP contribution in [0.25, 0.3) is 0 Å². The van der Waals surface area contributed by atoms with Gasteiger partial charge in [-0.3, -0.25) is 0 Å². The van der Waals surface area contributed by atoms with Gasteiger partial charge in [-0.1, -0.05) is 35.9 Å². The summed E-state index contributed by atoms with van der Waals surface area (Å²) in [5.41, 5.74) is 1.75. The predicted octanol–water partition coefficient (Wildman–Crippen LogP) is 3.15. The molecule has 118 valence electrons. The second-order valence-corrected chi connectivity index (χ2v) is 7.19. The number of rotatable bonds is 7. The minimum atomic E-state index is -3.40. The van der Waals surface area contributed by atoms with E-state index >= 15 is 0 Å². The van der Waals surface area contributed by atoms with Crippen LogP contribution in [0, 0.1) is 6.92 Å². The Labute approximate surface area is 136 Å². The molecular weight excluding hydrogens is 322 g/mol. The average Bonchev–Trinajstić information content (AvgIpc) is 2.43. The number of ether oxygens (including phenoxy) is 1. The predicted molar refractivity (Wildman–Crippen MR) is 88.8 cm³/mol. The van der Waals surface area contributed by atoms with Crippen molar-refractivity contribution in [2.75, 3.05) is 13.2 Å². The molecule has 1 N–H and O–H groups in total. The summed E-state index contributed by atoms with van der Waals surface area (Å²) in [4.78, 5) is 0. The lowest BCUT2D eigenvalue weighted by atomic mass is 10.2. The van der Waals surface area contributed by atoms with Crippen molar-refractivity contribution in [1.82, 2.24) is 4.72 Å². The van der Waals surface area contributed by atoms with Crippen molar-refractivity contribution in [2.24, 2.45) is 0 Å². The van der Waals surface area contributed by atoms with Gasteiger partial charge in [-0.2, -0.15) is 0 Å². The number of aryl methyl sites for hydroxylation is 1. The Balaban J connectivity index is 1.80. The van der Waals surface area contributed by atoms with E-state index in [1.54, 1.807) is 24.3 Å². The van der Waals surface area contributed by atoms with Crippen LogP contribution in [0.15, 0.2) is 48.5 Å². The molecule has 2 rings (SSSR count). The monoisotopic (exact) mass is 339 g/mol. The molecule has 0 saturated heterocycles. The Morgan fingerprint density at radius 2 is 1.91 bits per heavy atom. The standard InChI is InChI=1S/C16H18ClNO3S/c1-13-4-2-7-16(10-13)21-9-8-18-22(19,20)12-14-5-3-6-15(17)11-14/h2-7,10-11,18H,8-9,12H2,1H3. The molecule has 0 fully saturated rings. The van der Waals surface area contributed by atoms with Gasteiger partial charge in [0.25, 0.3) is 0 Å². The minimum absolute atomic E-state index is 0.0992. The third kappa shape index (κ3) is 5.67. The summed E-state index contributed by atoms with van der Waals surface area (Å²) >= 11 is 5.85. The summed E-state index contributed by atoms with van der Waals surface area (Å²) in [6.45, 7) is 2.47. The van der Waals surface area contributed by atoms with Gasteiger partial charge in [0.1, 0.15) is 12.4 Å². The van der Waals surface area contributed by atoms with E-state index in [-0.39, 0.29) is 18.9 Å². The molecule has 0 aliphatic rings. The molecule has 0 amide bonds. The molecule has 0 bridgehead atoms. The van der Waals surface area contributed by atoms with Crippen LogP contribution in [0.5, 0.6) is 5.75 Å². The third-order valence-corrected chi connectivity index (χ3v) is 4.52. The maximum absolute atomic E-state index is 12.0. The number of sulfonamides is 1. The van der Waals surface area contributed by atoms with Crippen LogP contribution in [0.4, 0.5) is 0 Å². The van der Waals surface area contributed by atoms with E-state index in [0.717, 1.165) is 11.3 Å². The molecular formula is C16H18ClNO3S. The van der Waals surface area contributed by atoms with Crippen LogP contribution in [-0.2, 0) is 15.8 Å². The van der Waals surface area contributed by atoms with Crippen LogP contribution in [0.1, 0.15) is 11.1 Å². The van der Waals surface area contributed by atoms with E-state index in [1.807, 2.05) is 31.2 Å². The molecule has 0 aliphatic carbocycles. The number of hydrogen-bond acceptors (Lipinski definition) is 3. The summed E-state index contributed by atoms with van der Waals surface area (Å²) in [6.07, 6.45) is 0. The first-order valence-corrected chi connectivity index (χ1v) is 8.89. The van der Waals surface area contributed by atoms with Crippen molar-refractivity contribution < 1.29 is 13.2 Å². The fraction of sp³-hybridized carbons (Fsp3) is 0.250. The van der Waals surface area contributed by atoms with Gasteiger partial charge in [0.15, 0.2) is 0 Å². The van der Waals surface area contributed by atoms with Gasteiger partial charge in [0, 0.05) is 11.6 Å². The first-order valence-electron chi connectivity index (χ1n) is 6.86. The van der Waals surface area contributed by atoms with Gasteiger partial charge in [-0.25, -0.2) is 13.1 Å². The third-order valence-electron chi connectivity index (χ3n) is 2.93. The lowest BCUT2D eigenvalue weighted by molar-refractivity contribution is 0.322. The molecule has 0 unspecified atom stereocenters. The first-order chi connectivity index (χ1) is 10.4. The molecule has 4 nitrogen and oxygen atoms in total. The van der Waals surface area contributed by atoms with Crippen molar-refractivity contribution in [3.05, 3.63) is 64.7 Å². The van der Waals surface area contributed by atoms with Crippen molar-refractivity contribution in [3.63, 3.8) is 0 Å². The van der Waals surface area contributed by atoms with E-state index < -0.39 is 10.0 Å². The van der Waals surface area contributed by atoms with Gasteiger partial charge >= 0.3 is 0 Å². The lowest BCUT2D eigenvalue weighted by Crippen LogP contribution is -2.29. The van der Waals surface area contributed by atoms with Crippen LogP contribution in [0.3, 0.4) is 0 Å². The Bertz CT molecular complexity index is 732. The maximum Gasteiger partial charge on any atom is 0.215 e. The molecule has 2 aromatic rings. The SMILES string of the molecule is Cc1cccc(OCCNS(=O)(=O)Cc2cccc(Cl)c2)c1. The second-order valence-electron chi connectivity index (χ2n) is 4.95. The Morgan fingerprint density at radius 3 is 2.64 bits per heavy atom. The van der Waals surface area contributed by atoms with Gasteiger partial charge in [-0.05, 0) is 42.3 Å². The first kappa shape index (κ1) is 16.8. The fourth-order valence-electron chi connectivity index (χ4n) is 1.97. The number of hydrogen-bond donors (Lipinski definition) is 1. The summed E-state index contributed by atoms with van der Waals surface area (Å²) < 4.78 is 32.0. The van der Waals surface area contributed by atoms with Gasteiger partial charge < -0.3 is 4.74 Å². The van der Waals surface area contributed by atoms with E-state index in [1.165, 1.54) is 0 Å². The average molecular weight is 340 g/mol. The van der Waals surface area contributed by atoms with E-state index in [4.69, 9.17) is 16.3 Å². The number of benzene rings is 2. The fourth-order valence-corrected chi connectivity index (χ4v) is 3.30. The molecule has 22 heavy (non-hydrogen) atoms. The normalized spacial score (nSPS) is 11.4. The largest absolute Gasteiger partial charge is 0.492 e. The molecule has 0 aromatic heterocycles. The van der Waals surface area contributed by atoms with Crippen molar-refractivity contribution in [1.29, 1.82) is 0 Å². The van der Waals surface area contributed by atoms with Crippen LogP contribution >= 0.6 is 11.6 Å². The summed E-state index contributed by atoms with van der Waals surface area (Å²) in [7, 11) is -3.40. The molecule has 0 spiro atoms. The van der Waals surface area contributed by atoms with Gasteiger partial charge in [-0.15, -0.1) is 0 Å². The summed E-state index contributed by atoms with van der Waals surface area (Å²) in [5, 5.41) is 0.524. The van der Waals surface area contributed by atoms with Crippen molar-refractivity contribution >= 4 is 21.6 Å². The van der Waals surface area contributed by atoms with Gasteiger partial charge in [0.05, 0.1) is 5.75 Å². The van der Waals surface area contributed by atoms with Crippen LogP contribution in [-0.4, -0.2) is 21.6 Å². The number of halogens is 1. The zero-order valence-electron chi connectivity index (χ0n) is 12.3. The highest BCUT2D eigenvalue weighted by molar-refractivity contribution is 7.88. The highest BCUT2D eigenvalue weighted by Gasteiger charge is 2.11. The van der Waals surface area contributed by atoms with E-state index in [0.29, 0.717) is 10.6 Å². The molecule has 0 radical (unpaired) electrons.